The second kappa shape index (κ2) is 11.9. The highest BCUT2D eigenvalue weighted by atomic mass is 16.3. The molecule has 0 unspecified atom stereocenters. The van der Waals surface area contributed by atoms with E-state index in [0.717, 1.165) is 72.5 Å². The molecule has 2 aromatic carbocycles. The summed E-state index contributed by atoms with van der Waals surface area (Å²) in [5.74, 6) is 1.55. The fourth-order valence-corrected chi connectivity index (χ4v) is 6.82. The lowest BCUT2D eigenvalue weighted by molar-refractivity contribution is 0.0571. The number of aryl methyl sites for hydroxylation is 2. The van der Waals surface area contributed by atoms with Gasteiger partial charge < -0.3 is 13.9 Å². The van der Waals surface area contributed by atoms with E-state index in [0.29, 0.717) is 51.5 Å². The van der Waals surface area contributed by atoms with Crippen molar-refractivity contribution in [2.24, 2.45) is 13.0 Å². The first kappa shape index (κ1) is 30.0. The molecule has 9 nitrogen and oxygen atoms in total. The standard InChI is InChI=1S/C37H39N7O2/c1-22(2)34-19-42(4)10-11-44(34)18-25-12-23(3)36-30(14-25)35(45)31(20-46-36)33-16-27(15-32(40-33)26-7-8-26)28-9-6-24(17-38)13-29(28)37-41-39-21-43(37)5/h6,9,12-16,20-22,26,34H,7-8,10-11,18-19H2,1-5H3/t34-/m1/s1. The van der Waals surface area contributed by atoms with E-state index in [4.69, 9.17) is 9.40 Å². The molecule has 1 atom stereocenters. The summed E-state index contributed by atoms with van der Waals surface area (Å²) in [5.41, 5.74) is 7.75. The molecule has 1 aliphatic heterocycles. The Morgan fingerprint density at radius 2 is 1.87 bits per heavy atom. The van der Waals surface area contributed by atoms with Crippen LogP contribution in [0.3, 0.4) is 0 Å². The fraction of sp³-hybridized carbons (Fsp3) is 0.378. The van der Waals surface area contributed by atoms with Crippen molar-refractivity contribution in [1.29, 1.82) is 5.26 Å². The van der Waals surface area contributed by atoms with Crippen molar-refractivity contribution in [1.82, 2.24) is 29.5 Å². The summed E-state index contributed by atoms with van der Waals surface area (Å²) in [5, 5.41) is 18.7. The third-order valence-electron chi connectivity index (χ3n) is 9.54. The number of likely N-dealkylation sites (N-methyl/N-ethyl adjacent to an activating group) is 1. The summed E-state index contributed by atoms with van der Waals surface area (Å²) >= 11 is 0. The number of benzene rings is 2. The van der Waals surface area contributed by atoms with Crippen LogP contribution in [0.15, 0.2) is 64.3 Å². The summed E-state index contributed by atoms with van der Waals surface area (Å²) in [6.07, 6.45) is 5.35. The highest BCUT2D eigenvalue weighted by molar-refractivity contribution is 5.86. The van der Waals surface area contributed by atoms with Gasteiger partial charge in [-0.15, -0.1) is 10.2 Å². The molecule has 9 heteroatoms. The van der Waals surface area contributed by atoms with Crippen molar-refractivity contribution in [3.05, 3.63) is 87.7 Å². The lowest BCUT2D eigenvalue weighted by atomic mass is 9.95. The van der Waals surface area contributed by atoms with E-state index in [1.54, 1.807) is 12.6 Å². The van der Waals surface area contributed by atoms with Crippen LogP contribution in [-0.4, -0.2) is 62.3 Å². The highest BCUT2D eigenvalue weighted by Crippen LogP contribution is 2.42. The van der Waals surface area contributed by atoms with Crippen LogP contribution in [0.5, 0.6) is 0 Å². The Morgan fingerprint density at radius 3 is 2.59 bits per heavy atom. The SMILES string of the molecule is Cc1cc(CN2CCN(C)C[C@@H]2C(C)C)cc2c(=O)c(-c3cc(-c4ccc(C#N)cc4-c4nncn4C)cc(C4CC4)n3)coc12. The molecule has 234 valence electrons. The fourth-order valence-electron chi connectivity index (χ4n) is 6.82. The van der Waals surface area contributed by atoms with E-state index in [1.807, 2.05) is 48.9 Å². The zero-order valence-electron chi connectivity index (χ0n) is 27.1. The number of hydrogen-bond donors (Lipinski definition) is 0. The van der Waals surface area contributed by atoms with Crippen LogP contribution in [0.1, 0.15) is 55.0 Å². The predicted octanol–water partition coefficient (Wildman–Crippen LogP) is 6.15. The molecule has 0 bridgehead atoms. The van der Waals surface area contributed by atoms with Crippen LogP contribution < -0.4 is 5.43 Å². The summed E-state index contributed by atoms with van der Waals surface area (Å²) in [4.78, 5) is 24.3. The van der Waals surface area contributed by atoms with Gasteiger partial charge in [0.2, 0.25) is 5.43 Å². The van der Waals surface area contributed by atoms with Gasteiger partial charge in [-0.3, -0.25) is 14.7 Å². The van der Waals surface area contributed by atoms with Crippen molar-refractivity contribution in [2.45, 2.75) is 52.1 Å². The molecule has 0 amide bonds. The molecule has 1 aliphatic carbocycles. The zero-order chi connectivity index (χ0) is 32.1. The zero-order valence-corrected chi connectivity index (χ0v) is 27.1. The molecule has 1 saturated carbocycles. The highest BCUT2D eigenvalue weighted by Gasteiger charge is 2.29. The van der Waals surface area contributed by atoms with E-state index in [-0.39, 0.29) is 5.43 Å². The van der Waals surface area contributed by atoms with Crippen LogP contribution in [0.2, 0.25) is 0 Å². The molecule has 5 aromatic rings. The number of fused-ring (bicyclic) bond motifs is 1. The minimum atomic E-state index is -0.0789. The Hall–Kier alpha value is -4.65. The monoisotopic (exact) mass is 613 g/mol. The lowest BCUT2D eigenvalue weighted by Gasteiger charge is -2.42. The number of aromatic nitrogens is 4. The normalized spacial score (nSPS) is 17.5. The maximum atomic E-state index is 14.3. The van der Waals surface area contributed by atoms with Gasteiger partial charge in [-0.1, -0.05) is 26.0 Å². The molecule has 4 heterocycles. The van der Waals surface area contributed by atoms with Gasteiger partial charge in [-0.05, 0) is 85.3 Å². The van der Waals surface area contributed by atoms with Gasteiger partial charge >= 0.3 is 0 Å². The first-order valence-electron chi connectivity index (χ1n) is 16.1. The van der Waals surface area contributed by atoms with Crippen molar-refractivity contribution in [3.8, 4) is 39.8 Å². The van der Waals surface area contributed by atoms with Crippen molar-refractivity contribution < 1.29 is 4.42 Å². The van der Waals surface area contributed by atoms with Crippen LogP contribution >= 0.6 is 0 Å². The Bertz CT molecular complexity index is 2050. The predicted molar refractivity (Wildman–Crippen MR) is 179 cm³/mol. The van der Waals surface area contributed by atoms with Gasteiger partial charge in [-0.2, -0.15) is 5.26 Å². The second-order valence-electron chi connectivity index (χ2n) is 13.4. The number of rotatable bonds is 7. The van der Waals surface area contributed by atoms with Gasteiger partial charge in [-0.25, -0.2) is 0 Å². The third kappa shape index (κ3) is 5.63. The molecule has 2 aliphatic rings. The molecule has 7 rings (SSSR count). The van der Waals surface area contributed by atoms with Gasteiger partial charge in [0, 0.05) is 56.4 Å². The topological polar surface area (TPSA) is 104 Å². The minimum Gasteiger partial charge on any atom is -0.463 e. The Kier molecular flexibility index (Phi) is 7.79. The molecule has 0 spiro atoms. The van der Waals surface area contributed by atoms with E-state index in [1.165, 1.54) is 0 Å². The largest absolute Gasteiger partial charge is 0.463 e. The molecule has 0 radical (unpaired) electrons. The van der Waals surface area contributed by atoms with Gasteiger partial charge in [0.15, 0.2) is 5.82 Å². The lowest BCUT2D eigenvalue weighted by Crippen LogP contribution is -2.53. The molecule has 1 saturated heterocycles. The van der Waals surface area contributed by atoms with E-state index >= 15 is 0 Å². The maximum Gasteiger partial charge on any atom is 0.202 e. The van der Waals surface area contributed by atoms with Crippen LogP contribution in [-0.2, 0) is 13.6 Å². The van der Waals surface area contributed by atoms with E-state index in [9.17, 15) is 10.1 Å². The second-order valence-corrected chi connectivity index (χ2v) is 13.4. The molecule has 2 fully saturated rings. The number of piperazine rings is 1. The summed E-state index contributed by atoms with van der Waals surface area (Å²) in [6, 6.07) is 16.5. The Balaban J connectivity index is 1.33. The first-order chi connectivity index (χ1) is 22.2. The molecule has 0 N–H and O–H groups in total. The summed E-state index contributed by atoms with van der Waals surface area (Å²) in [7, 11) is 4.07. The van der Waals surface area contributed by atoms with Crippen LogP contribution in [0.25, 0.3) is 44.7 Å². The van der Waals surface area contributed by atoms with Crippen molar-refractivity contribution >= 4 is 11.0 Å². The van der Waals surface area contributed by atoms with Gasteiger partial charge in [0.25, 0.3) is 0 Å². The quantitative estimate of drug-likeness (QED) is 0.215. The molecule has 3 aromatic heterocycles. The average molecular weight is 614 g/mol. The third-order valence-corrected chi connectivity index (χ3v) is 9.54. The number of nitriles is 1. The van der Waals surface area contributed by atoms with E-state index < -0.39 is 0 Å². The maximum absolute atomic E-state index is 14.3. The Labute approximate surface area is 269 Å². The number of pyridine rings is 1. The van der Waals surface area contributed by atoms with Gasteiger partial charge in [0.1, 0.15) is 18.2 Å². The average Bonchev–Trinajstić information content (AvgIpc) is 3.82. The van der Waals surface area contributed by atoms with Gasteiger partial charge in [0.05, 0.1) is 28.3 Å². The summed E-state index contributed by atoms with van der Waals surface area (Å²) in [6.45, 7) is 10.5. The Morgan fingerprint density at radius 1 is 1.04 bits per heavy atom. The number of hydrogen-bond acceptors (Lipinski definition) is 8. The van der Waals surface area contributed by atoms with Crippen LogP contribution in [0, 0.1) is 24.2 Å². The molecule has 46 heavy (non-hydrogen) atoms. The number of nitrogens with zero attached hydrogens (tertiary/aromatic N) is 7. The molecular weight excluding hydrogens is 574 g/mol. The minimum absolute atomic E-state index is 0.0789. The summed E-state index contributed by atoms with van der Waals surface area (Å²) < 4.78 is 8.04. The van der Waals surface area contributed by atoms with Crippen molar-refractivity contribution in [2.75, 3.05) is 26.7 Å². The van der Waals surface area contributed by atoms with Crippen molar-refractivity contribution in [3.63, 3.8) is 0 Å². The smallest absolute Gasteiger partial charge is 0.202 e. The van der Waals surface area contributed by atoms with Crippen LogP contribution in [0.4, 0.5) is 0 Å². The van der Waals surface area contributed by atoms with E-state index in [2.05, 4.69) is 59.1 Å². The first-order valence-corrected chi connectivity index (χ1v) is 16.1. The molecular formula is C37H39N7O2.